The van der Waals surface area contributed by atoms with E-state index >= 15 is 0 Å². The fourth-order valence-corrected chi connectivity index (χ4v) is 2.71. The van der Waals surface area contributed by atoms with Crippen molar-refractivity contribution in [2.24, 2.45) is 5.92 Å². The smallest absolute Gasteiger partial charge is 0.305 e. The molecule has 122 valence electrons. The first kappa shape index (κ1) is 18.7. The second-order valence-electron chi connectivity index (χ2n) is 5.69. The number of aldehydes is 1. The van der Waals surface area contributed by atoms with Crippen LogP contribution in [-0.2, 0) is 9.53 Å². The number of carbonyl (C=O) groups excluding carboxylic acids is 2. The standard InChI is InChI=1S/C17H24BrNO3/c1-13(2)11-19(9-5-4-6-17(21)22-3)16-8-7-15(18)10-14(16)12-20/h7-8,10,12-13H,4-6,9,11H2,1-3H3. The highest BCUT2D eigenvalue weighted by Crippen LogP contribution is 2.24. The first-order valence-electron chi connectivity index (χ1n) is 7.54. The molecule has 0 atom stereocenters. The molecule has 0 aliphatic rings. The molecule has 0 bridgehead atoms. The summed E-state index contributed by atoms with van der Waals surface area (Å²) in [6.07, 6.45) is 3.00. The first-order valence-corrected chi connectivity index (χ1v) is 8.33. The van der Waals surface area contributed by atoms with Crippen LogP contribution in [0.15, 0.2) is 22.7 Å². The topological polar surface area (TPSA) is 46.6 Å². The summed E-state index contributed by atoms with van der Waals surface area (Å²) in [5.41, 5.74) is 1.63. The molecule has 0 heterocycles. The Kier molecular flexibility index (Phi) is 8.17. The van der Waals surface area contributed by atoms with Crippen LogP contribution in [0.2, 0.25) is 0 Å². The van der Waals surface area contributed by atoms with Crippen molar-refractivity contribution < 1.29 is 14.3 Å². The van der Waals surface area contributed by atoms with E-state index < -0.39 is 0 Å². The van der Waals surface area contributed by atoms with Crippen LogP contribution < -0.4 is 4.90 Å². The van der Waals surface area contributed by atoms with Crippen LogP contribution in [-0.4, -0.2) is 32.5 Å². The Hall–Kier alpha value is -1.36. The maximum absolute atomic E-state index is 11.3. The highest BCUT2D eigenvalue weighted by atomic mass is 79.9. The van der Waals surface area contributed by atoms with Crippen molar-refractivity contribution in [2.45, 2.75) is 33.1 Å². The van der Waals surface area contributed by atoms with Crippen molar-refractivity contribution in [3.8, 4) is 0 Å². The van der Waals surface area contributed by atoms with E-state index in [1.807, 2.05) is 18.2 Å². The number of rotatable bonds is 9. The largest absolute Gasteiger partial charge is 0.469 e. The lowest BCUT2D eigenvalue weighted by atomic mass is 10.1. The van der Waals surface area contributed by atoms with Crippen molar-refractivity contribution in [2.75, 3.05) is 25.1 Å². The molecule has 0 saturated carbocycles. The Balaban J connectivity index is 2.76. The molecule has 0 N–H and O–H groups in total. The molecule has 1 aromatic rings. The van der Waals surface area contributed by atoms with Gasteiger partial charge in [0.05, 0.1) is 7.11 Å². The zero-order valence-corrected chi connectivity index (χ0v) is 15.1. The molecule has 0 unspecified atom stereocenters. The average molecular weight is 370 g/mol. The van der Waals surface area contributed by atoms with Gasteiger partial charge in [-0.3, -0.25) is 9.59 Å². The van der Waals surface area contributed by atoms with Gasteiger partial charge in [0.2, 0.25) is 0 Å². The van der Waals surface area contributed by atoms with E-state index in [0.717, 1.165) is 42.4 Å². The molecule has 0 spiro atoms. The van der Waals surface area contributed by atoms with E-state index in [0.29, 0.717) is 17.9 Å². The SMILES string of the molecule is COC(=O)CCCCN(CC(C)C)c1ccc(Br)cc1C=O. The van der Waals surface area contributed by atoms with Crippen LogP contribution in [0.25, 0.3) is 0 Å². The van der Waals surface area contributed by atoms with Crippen LogP contribution in [0.4, 0.5) is 5.69 Å². The first-order chi connectivity index (χ1) is 10.5. The van der Waals surface area contributed by atoms with Crippen molar-refractivity contribution in [3.05, 3.63) is 28.2 Å². The molecule has 1 aromatic carbocycles. The summed E-state index contributed by atoms with van der Waals surface area (Å²) in [6.45, 7) is 6.00. The Labute approximate surface area is 141 Å². The van der Waals surface area contributed by atoms with Gasteiger partial charge in [0.25, 0.3) is 0 Å². The number of ether oxygens (including phenoxy) is 1. The number of methoxy groups -OCH3 is 1. The van der Waals surface area contributed by atoms with Crippen LogP contribution >= 0.6 is 15.9 Å². The molecule has 0 radical (unpaired) electrons. The Morgan fingerprint density at radius 3 is 2.68 bits per heavy atom. The Morgan fingerprint density at radius 2 is 2.09 bits per heavy atom. The summed E-state index contributed by atoms with van der Waals surface area (Å²) in [5.74, 6) is 0.316. The number of anilines is 1. The predicted octanol–water partition coefficient (Wildman–Crippen LogP) is 4.07. The third-order valence-corrected chi connectivity index (χ3v) is 3.82. The van der Waals surface area contributed by atoms with Gasteiger partial charge in [0, 0.05) is 35.2 Å². The molecule has 5 heteroatoms. The molecule has 22 heavy (non-hydrogen) atoms. The highest BCUT2D eigenvalue weighted by molar-refractivity contribution is 9.10. The van der Waals surface area contributed by atoms with Gasteiger partial charge in [0.1, 0.15) is 0 Å². The van der Waals surface area contributed by atoms with Gasteiger partial charge in [-0.25, -0.2) is 0 Å². The normalized spacial score (nSPS) is 10.6. The number of halogens is 1. The monoisotopic (exact) mass is 369 g/mol. The second kappa shape index (κ2) is 9.62. The molecule has 0 fully saturated rings. The zero-order valence-electron chi connectivity index (χ0n) is 13.5. The summed E-state index contributed by atoms with van der Waals surface area (Å²) >= 11 is 3.40. The summed E-state index contributed by atoms with van der Waals surface area (Å²) in [7, 11) is 1.41. The van der Waals surface area contributed by atoms with Crippen LogP contribution in [0, 0.1) is 5.92 Å². The van der Waals surface area contributed by atoms with Crippen molar-refractivity contribution in [1.29, 1.82) is 0 Å². The third kappa shape index (κ3) is 6.18. The minimum absolute atomic E-state index is 0.173. The van der Waals surface area contributed by atoms with E-state index in [1.54, 1.807) is 0 Å². The third-order valence-electron chi connectivity index (χ3n) is 3.33. The number of hydrogen-bond acceptors (Lipinski definition) is 4. The number of unbranched alkanes of at least 4 members (excludes halogenated alkanes) is 1. The minimum atomic E-state index is -0.173. The van der Waals surface area contributed by atoms with E-state index in [2.05, 4.69) is 39.4 Å². The molecule has 0 aliphatic carbocycles. The number of esters is 1. The summed E-state index contributed by atoms with van der Waals surface area (Å²) in [6, 6.07) is 5.75. The number of benzene rings is 1. The maximum Gasteiger partial charge on any atom is 0.305 e. The van der Waals surface area contributed by atoms with Crippen molar-refractivity contribution >= 4 is 33.9 Å². The van der Waals surface area contributed by atoms with Crippen LogP contribution in [0.3, 0.4) is 0 Å². The van der Waals surface area contributed by atoms with E-state index in [-0.39, 0.29) is 5.97 Å². The molecule has 0 amide bonds. The van der Waals surface area contributed by atoms with Crippen molar-refractivity contribution in [1.82, 2.24) is 0 Å². The molecule has 4 nitrogen and oxygen atoms in total. The van der Waals surface area contributed by atoms with Gasteiger partial charge in [-0.1, -0.05) is 29.8 Å². The van der Waals surface area contributed by atoms with Crippen LogP contribution in [0.1, 0.15) is 43.5 Å². The maximum atomic E-state index is 11.3. The Morgan fingerprint density at radius 1 is 1.36 bits per heavy atom. The Bertz CT molecular complexity index is 503. The van der Waals surface area contributed by atoms with Gasteiger partial charge in [-0.15, -0.1) is 0 Å². The fourth-order valence-electron chi connectivity index (χ4n) is 2.33. The fraction of sp³-hybridized carbons (Fsp3) is 0.529. The summed E-state index contributed by atoms with van der Waals surface area (Å²) < 4.78 is 5.55. The van der Waals surface area contributed by atoms with Crippen molar-refractivity contribution in [3.63, 3.8) is 0 Å². The summed E-state index contributed by atoms with van der Waals surface area (Å²) in [4.78, 5) is 24.7. The predicted molar refractivity (Wildman–Crippen MR) is 92.4 cm³/mol. The molecule has 0 aromatic heterocycles. The summed E-state index contributed by atoms with van der Waals surface area (Å²) in [5, 5.41) is 0. The molecule has 1 rings (SSSR count). The van der Waals surface area contributed by atoms with Gasteiger partial charge in [-0.05, 0) is 37.0 Å². The number of nitrogens with zero attached hydrogens (tertiary/aromatic N) is 1. The van der Waals surface area contributed by atoms with Gasteiger partial charge >= 0.3 is 5.97 Å². The molecular weight excluding hydrogens is 346 g/mol. The van der Waals surface area contributed by atoms with Gasteiger partial charge in [0.15, 0.2) is 6.29 Å². The van der Waals surface area contributed by atoms with E-state index in [1.165, 1.54) is 7.11 Å². The second-order valence-corrected chi connectivity index (χ2v) is 6.61. The number of carbonyl (C=O) groups is 2. The lowest BCUT2D eigenvalue weighted by molar-refractivity contribution is -0.140. The van der Waals surface area contributed by atoms with E-state index in [9.17, 15) is 9.59 Å². The molecular formula is C17H24BrNO3. The minimum Gasteiger partial charge on any atom is -0.469 e. The van der Waals surface area contributed by atoms with Gasteiger partial charge < -0.3 is 9.64 Å². The average Bonchev–Trinajstić information content (AvgIpc) is 2.49. The van der Waals surface area contributed by atoms with Crippen LogP contribution in [0.5, 0.6) is 0 Å². The zero-order chi connectivity index (χ0) is 16.5. The molecule has 0 saturated heterocycles. The van der Waals surface area contributed by atoms with E-state index in [4.69, 9.17) is 0 Å². The quantitative estimate of drug-likeness (QED) is 0.374. The highest BCUT2D eigenvalue weighted by Gasteiger charge is 2.13. The lowest BCUT2D eigenvalue weighted by Crippen LogP contribution is -2.29. The number of hydrogen-bond donors (Lipinski definition) is 0. The lowest BCUT2D eigenvalue weighted by Gasteiger charge is -2.28. The molecule has 0 aliphatic heterocycles. The van der Waals surface area contributed by atoms with Gasteiger partial charge in [-0.2, -0.15) is 0 Å².